The maximum Gasteiger partial charge on any atom is 0.132 e. The van der Waals surface area contributed by atoms with Crippen molar-refractivity contribution >= 4 is 5.82 Å². The van der Waals surface area contributed by atoms with Gasteiger partial charge in [-0.3, -0.25) is 4.68 Å². The van der Waals surface area contributed by atoms with Gasteiger partial charge in [0, 0.05) is 32.8 Å². The summed E-state index contributed by atoms with van der Waals surface area (Å²) in [5, 5.41) is 22.5. The number of aliphatic hydroxyl groups is 1. The Hall–Kier alpha value is -1.58. The average Bonchev–Trinajstić information content (AvgIpc) is 2.64. The molecule has 6 nitrogen and oxygen atoms in total. The molecule has 18 heavy (non-hydrogen) atoms. The first kappa shape index (κ1) is 14.5. The highest BCUT2D eigenvalue weighted by Crippen LogP contribution is 2.23. The molecular weight excluding hydrogens is 232 g/mol. The fourth-order valence-electron chi connectivity index (χ4n) is 1.98. The number of ether oxygens (including phenoxy) is 1. The minimum atomic E-state index is -0.0506. The summed E-state index contributed by atoms with van der Waals surface area (Å²) in [6.45, 7) is 3.66. The van der Waals surface area contributed by atoms with Gasteiger partial charge < -0.3 is 14.7 Å². The molecule has 6 heteroatoms. The van der Waals surface area contributed by atoms with Crippen LogP contribution in [0.5, 0.6) is 0 Å². The summed E-state index contributed by atoms with van der Waals surface area (Å²) in [6.07, 6.45) is 0.429. The monoisotopic (exact) mass is 252 g/mol. The minimum absolute atomic E-state index is 0.0506. The number of hydrogen-bond acceptors (Lipinski definition) is 5. The van der Waals surface area contributed by atoms with Gasteiger partial charge in [-0.2, -0.15) is 10.4 Å². The summed E-state index contributed by atoms with van der Waals surface area (Å²) in [7, 11) is 3.48. The van der Waals surface area contributed by atoms with Crippen LogP contribution in [0.4, 0.5) is 5.82 Å². The number of hydrogen-bond donors (Lipinski definition) is 1. The van der Waals surface area contributed by atoms with E-state index < -0.39 is 0 Å². The number of rotatable bonds is 7. The zero-order valence-corrected chi connectivity index (χ0v) is 11.2. The lowest BCUT2D eigenvalue weighted by molar-refractivity contribution is 0.204. The smallest absolute Gasteiger partial charge is 0.132 e. The highest BCUT2D eigenvalue weighted by atomic mass is 16.5. The first-order chi connectivity index (χ1) is 8.65. The van der Waals surface area contributed by atoms with E-state index in [0.717, 1.165) is 17.1 Å². The third-order valence-corrected chi connectivity index (χ3v) is 2.83. The molecule has 0 amide bonds. The Bertz CT molecular complexity index is 422. The van der Waals surface area contributed by atoms with E-state index in [-0.39, 0.29) is 6.61 Å². The molecule has 100 valence electrons. The van der Waals surface area contributed by atoms with Crippen molar-refractivity contribution in [3.05, 3.63) is 11.3 Å². The van der Waals surface area contributed by atoms with Crippen LogP contribution in [0.25, 0.3) is 0 Å². The SMILES string of the molecule is COCCN(CCC#N)c1c(CO)c(C)nn1C. The van der Waals surface area contributed by atoms with Crippen molar-refractivity contribution in [2.75, 3.05) is 31.7 Å². The molecule has 1 aromatic heterocycles. The van der Waals surface area contributed by atoms with E-state index in [1.807, 2.05) is 18.9 Å². The van der Waals surface area contributed by atoms with E-state index in [0.29, 0.717) is 26.1 Å². The van der Waals surface area contributed by atoms with Gasteiger partial charge in [-0.25, -0.2) is 0 Å². The summed E-state index contributed by atoms with van der Waals surface area (Å²) in [4.78, 5) is 2.03. The molecule has 0 fully saturated rings. The van der Waals surface area contributed by atoms with Gasteiger partial charge in [-0.05, 0) is 6.92 Å². The average molecular weight is 252 g/mol. The van der Waals surface area contributed by atoms with Crippen molar-refractivity contribution in [3.63, 3.8) is 0 Å². The minimum Gasteiger partial charge on any atom is -0.391 e. The molecular formula is C12H20N4O2. The Kier molecular flexibility index (Phi) is 5.62. The van der Waals surface area contributed by atoms with Gasteiger partial charge in [0.05, 0.1) is 31.4 Å². The lowest BCUT2D eigenvalue weighted by Gasteiger charge is -2.24. The number of nitriles is 1. The molecule has 1 N–H and O–H groups in total. The summed E-state index contributed by atoms with van der Waals surface area (Å²) in [5.41, 5.74) is 1.63. The fraction of sp³-hybridized carbons (Fsp3) is 0.667. The zero-order chi connectivity index (χ0) is 13.5. The fourth-order valence-corrected chi connectivity index (χ4v) is 1.98. The van der Waals surface area contributed by atoms with Crippen molar-refractivity contribution in [2.45, 2.75) is 20.0 Å². The maximum atomic E-state index is 9.44. The second kappa shape index (κ2) is 6.99. The van der Waals surface area contributed by atoms with Crippen LogP contribution in [0.3, 0.4) is 0 Å². The first-order valence-corrected chi connectivity index (χ1v) is 5.89. The van der Waals surface area contributed by atoms with E-state index >= 15 is 0 Å². The van der Waals surface area contributed by atoms with Crippen LogP contribution in [0.15, 0.2) is 0 Å². The van der Waals surface area contributed by atoms with E-state index in [9.17, 15) is 5.11 Å². The Morgan fingerprint density at radius 3 is 2.78 bits per heavy atom. The van der Waals surface area contributed by atoms with Crippen molar-refractivity contribution in [1.29, 1.82) is 5.26 Å². The predicted octanol–water partition coefficient (Wildman–Crippen LogP) is 0.587. The van der Waals surface area contributed by atoms with E-state index in [1.54, 1.807) is 11.8 Å². The summed E-state index contributed by atoms with van der Waals surface area (Å²) in [6, 6.07) is 2.13. The third kappa shape index (κ3) is 3.22. The van der Waals surface area contributed by atoms with E-state index in [2.05, 4.69) is 11.2 Å². The predicted molar refractivity (Wildman–Crippen MR) is 68.2 cm³/mol. The highest BCUT2D eigenvalue weighted by Gasteiger charge is 2.18. The maximum absolute atomic E-state index is 9.44. The number of aromatic nitrogens is 2. The Morgan fingerprint density at radius 1 is 1.50 bits per heavy atom. The Labute approximate surface area is 107 Å². The quantitative estimate of drug-likeness (QED) is 0.768. The lowest BCUT2D eigenvalue weighted by Crippen LogP contribution is -2.30. The number of aliphatic hydroxyl groups excluding tert-OH is 1. The number of aryl methyl sites for hydroxylation is 2. The van der Waals surface area contributed by atoms with Crippen LogP contribution in [-0.4, -0.2) is 41.7 Å². The van der Waals surface area contributed by atoms with E-state index in [4.69, 9.17) is 10.00 Å². The number of nitrogens with zero attached hydrogens (tertiary/aromatic N) is 4. The molecule has 0 aliphatic carbocycles. The molecule has 0 bridgehead atoms. The van der Waals surface area contributed by atoms with Crippen LogP contribution >= 0.6 is 0 Å². The van der Waals surface area contributed by atoms with Crippen LogP contribution < -0.4 is 4.90 Å². The molecule has 0 saturated heterocycles. The first-order valence-electron chi connectivity index (χ1n) is 5.89. The molecule has 0 aliphatic rings. The molecule has 0 atom stereocenters. The zero-order valence-electron chi connectivity index (χ0n) is 11.2. The van der Waals surface area contributed by atoms with Gasteiger partial charge in [0.25, 0.3) is 0 Å². The summed E-state index contributed by atoms with van der Waals surface area (Å²) < 4.78 is 6.82. The molecule has 0 spiro atoms. The summed E-state index contributed by atoms with van der Waals surface area (Å²) in [5.74, 6) is 0.863. The molecule has 1 heterocycles. The van der Waals surface area contributed by atoms with Gasteiger partial charge in [0.15, 0.2) is 0 Å². The van der Waals surface area contributed by atoms with Crippen LogP contribution in [0, 0.1) is 18.3 Å². The molecule has 1 rings (SSSR count). The van der Waals surface area contributed by atoms with Crippen molar-refractivity contribution in [1.82, 2.24) is 9.78 Å². The normalized spacial score (nSPS) is 10.4. The second-order valence-corrected chi connectivity index (χ2v) is 4.06. The van der Waals surface area contributed by atoms with Crippen LogP contribution in [-0.2, 0) is 18.4 Å². The second-order valence-electron chi connectivity index (χ2n) is 4.06. The molecule has 0 saturated carbocycles. The number of anilines is 1. The Morgan fingerprint density at radius 2 is 2.22 bits per heavy atom. The van der Waals surface area contributed by atoms with Crippen LogP contribution in [0.1, 0.15) is 17.7 Å². The van der Waals surface area contributed by atoms with E-state index in [1.165, 1.54) is 0 Å². The van der Waals surface area contributed by atoms with Gasteiger partial charge in [0.2, 0.25) is 0 Å². The van der Waals surface area contributed by atoms with Crippen molar-refractivity contribution in [3.8, 4) is 6.07 Å². The van der Waals surface area contributed by atoms with Crippen molar-refractivity contribution in [2.24, 2.45) is 7.05 Å². The van der Waals surface area contributed by atoms with Gasteiger partial charge in [-0.15, -0.1) is 0 Å². The van der Waals surface area contributed by atoms with Gasteiger partial charge in [-0.1, -0.05) is 0 Å². The van der Waals surface area contributed by atoms with Gasteiger partial charge in [0.1, 0.15) is 5.82 Å². The topological polar surface area (TPSA) is 74.3 Å². The highest BCUT2D eigenvalue weighted by molar-refractivity contribution is 5.50. The number of methoxy groups -OCH3 is 1. The molecule has 0 radical (unpaired) electrons. The van der Waals surface area contributed by atoms with Crippen molar-refractivity contribution < 1.29 is 9.84 Å². The largest absolute Gasteiger partial charge is 0.391 e. The molecule has 0 aromatic carbocycles. The molecule has 1 aromatic rings. The van der Waals surface area contributed by atoms with Crippen LogP contribution in [0.2, 0.25) is 0 Å². The standard InChI is InChI=1S/C12H20N4O2/c1-10-11(9-17)12(15(2)14-10)16(6-4-5-13)7-8-18-3/h17H,4,6-9H2,1-3H3. The molecule has 0 aliphatic heterocycles. The third-order valence-electron chi connectivity index (χ3n) is 2.83. The lowest BCUT2D eigenvalue weighted by atomic mass is 10.2. The van der Waals surface area contributed by atoms with Gasteiger partial charge >= 0.3 is 0 Å². The summed E-state index contributed by atoms with van der Waals surface area (Å²) >= 11 is 0. The molecule has 0 unspecified atom stereocenters. The Balaban J connectivity index is 2.99.